The third kappa shape index (κ3) is 8.40. The van der Waals surface area contributed by atoms with Crippen LogP contribution >= 0.6 is 11.6 Å². The summed E-state index contributed by atoms with van der Waals surface area (Å²) < 4.78 is 20.1. The summed E-state index contributed by atoms with van der Waals surface area (Å²) >= 11 is 6.62. The Morgan fingerprint density at radius 1 is 0.800 bits per heavy atom. The van der Waals surface area contributed by atoms with Gasteiger partial charge < -0.3 is 40.5 Å². The van der Waals surface area contributed by atoms with Crippen molar-refractivity contribution in [3.63, 3.8) is 0 Å². The topological polar surface area (TPSA) is 180 Å². The maximum Gasteiger partial charge on any atom is 0.326 e. The molecule has 0 bridgehead atoms. The highest BCUT2D eigenvalue weighted by Gasteiger charge is 2.21. The lowest BCUT2D eigenvalue weighted by atomic mass is 10.1. The smallest absolute Gasteiger partial charge is 0.326 e. The van der Waals surface area contributed by atoms with Crippen molar-refractivity contribution in [1.29, 1.82) is 0 Å². The molecule has 0 radical (unpaired) electrons. The van der Waals surface area contributed by atoms with E-state index in [9.17, 15) is 19.4 Å². The number of aliphatic hydroxyl groups excluding tert-OH is 2. The van der Waals surface area contributed by atoms with Gasteiger partial charge in [-0.05, 0) is 85.6 Å². The number of nitrogens with zero attached hydrogens (tertiary/aromatic N) is 6. The molecule has 14 nitrogen and oxygen atoms in total. The second-order valence-corrected chi connectivity index (χ2v) is 14.4. The number of amides is 2. The van der Waals surface area contributed by atoms with Gasteiger partial charge in [-0.25, -0.2) is 29.1 Å². The zero-order chi connectivity index (χ0) is 41.8. The molecule has 0 saturated heterocycles. The van der Waals surface area contributed by atoms with Crippen molar-refractivity contribution >= 4 is 62.4 Å². The molecular formula is C44H40ClFN10O4. The fourth-order valence-electron chi connectivity index (χ4n) is 7.03. The van der Waals surface area contributed by atoms with Crippen LogP contribution in [0.15, 0.2) is 116 Å². The molecule has 16 heteroatoms. The molecule has 0 aliphatic rings. The number of aryl methyl sites for hydroxylation is 2. The molecule has 0 aliphatic heterocycles. The number of rotatable bonds is 14. The standard InChI is InChI=1S/C44H40ClFN10O4/c1-26-22-47-41-37(26)39(49-24-51-41)28-3-9-31(10-4-28)53-43(58)55(33-13-7-30(46)8-14-33)18-20-60-34-15-16-35(45)36(21-34)56(17-19-57)44(59)54-32-11-5-29(6-12-32)40-38-27(2)23-48-42(38)52-25-50-40/h3-16,21-25,43,53,57-58H,17-20H2,1-2H3,(H,54,59)(H,47,49,51)(H,48,50,52). The summed E-state index contributed by atoms with van der Waals surface area (Å²) in [6, 6.07) is 24.9. The summed E-state index contributed by atoms with van der Waals surface area (Å²) in [6.45, 7) is 3.85. The van der Waals surface area contributed by atoms with Gasteiger partial charge in [-0.1, -0.05) is 35.9 Å². The van der Waals surface area contributed by atoms with E-state index < -0.39 is 18.2 Å². The lowest BCUT2D eigenvalue weighted by Crippen LogP contribution is -2.43. The van der Waals surface area contributed by atoms with E-state index in [-0.39, 0.29) is 31.3 Å². The van der Waals surface area contributed by atoms with Crippen molar-refractivity contribution in [2.24, 2.45) is 0 Å². The number of carbonyl (C=O) groups excluding carboxylic acids is 1. The fourth-order valence-corrected chi connectivity index (χ4v) is 7.25. The Morgan fingerprint density at radius 3 is 1.97 bits per heavy atom. The van der Waals surface area contributed by atoms with Gasteiger partial charge in [0.2, 0.25) is 6.35 Å². The van der Waals surface area contributed by atoms with E-state index in [1.54, 1.807) is 47.4 Å². The first kappa shape index (κ1) is 39.7. The molecular weight excluding hydrogens is 787 g/mol. The Morgan fingerprint density at radius 2 is 1.38 bits per heavy atom. The number of carbonyl (C=O) groups is 1. The lowest BCUT2D eigenvalue weighted by Gasteiger charge is -2.31. The van der Waals surface area contributed by atoms with Crippen LogP contribution in [0.4, 0.5) is 31.9 Å². The zero-order valence-electron chi connectivity index (χ0n) is 32.5. The number of fused-ring (bicyclic) bond motifs is 2. The minimum atomic E-state index is -1.24. The van der Waals surface area contributed by atoms with E-state index in [1.165, 1.54) is 29.7 Å². The average Bonchev–Trinajstić information content (AvgIpc) is 3.84. The number of H-pyrrole nitrogens is 2. The van der Waals surface area contributed by atoms with E-state index >= 15 is 0 Å². The van der Waals surface area contributed by atoms with E-state index in [4.69, 9.17) is 16.3 Å². The summed E-state index contributed by atoms with van der Waals surface area (Å²) in [5.41, 5.74) is 8.86. The predicted octanol–water partition coefficient (Wildman–Crippen LogP) is 8.28. The summed E-state index contributed by atoms with van der Waals surface area (Å²) in [6.07, 6.45) is 5.57. The quantitative estimate of drug-likeness (QED) is 0.0584. The summed E-state index contributed by atoms with van der Waals surface area (Å²) in [7, 11) is 0. The first-order chi connectivity index (χ1) is 29.2. The molecule has 8 rings (SSSR count). The van der Waals surface area contributed by atoms with E-state index in [0.717, 1.165) is 55.7 Å². The van der Waals surface area contributed by atoms with Gasteiger partial charge >= 0.3 is 6.03 Å². The molecule has 0 fully saturated rings. The number of hydrogen-bond acceptors (Lipinski definition) is 10. The minimum absolute atomic E-state index is 0.0505. The summed E-state index contributed by atoms with van der Waals surface area (Å²) in [5, 5.41) is 29.5. The van der Waals surface area contributed by atoms with Crippen LogP contribution in [0.1, 0.15) is 11.1 Å². The SMILES string of the molecule is Cc1c[nH]c2ncnc(-c3ccc(NC(=O)N(CCO)c4cc(OCCN(c5ccc(F)cc5)C(O)Nc5ccc(-c6ncnc7[nH]cc(C)c67)cc5)ccc4Cl)cc3)c12. The maximum atomic E-state index is 14.0. The lowest BCUT2D eigenvalue weighted by molar-refractivity contribution is 0.188. The molecule has 1 atom stereocenters. The number of ether oxygens (including phenoxy) is 1. The average molecular weight is 827 g/mol. The first-order valence-electron chi connectivity index (χ1n) is 19.0. The van der Waals surface area contributed by atoms with E-state index in [1.807, 2.05) is 62.6 Å². The Labute approximate surface area is 348 Å². The second kappa shape index (κ2) is 17.4. The largest absolute Gasteiger partial charge is 0.492 e. The first-order valence-corrected chi connectivity index (χ1v) is 19.4. The number of nitrogens with one attached hydrogen (secondary N) is 4. The molecule has 4 heterocycles. The highest BCUT2D eigenvalue weighted by atomic mass is 35.5. The van der Waals surface area contributed by atoms with Gasteiger partial charge in [0.15, 0.2) is 0 Å². The van der Waals surface area contributed by atoms with Crippen LogP contribution in [0.5, 0.6) is 5.75 Å². The van der Waals surface area contributed by atoms with Crippen LogP contribution < -0.4 is 25.2 Å². The van der Waals surface area contributed by atoms with Gasteiger partial charge in [-0.15, -0.1) is 0 Å². The minimum Gasteiger partial charge on any atom is -0.492 e. The van der Waals surface area contributed by atoms with Crippen molar-refractivity contribution in [2.75, 3.05) is 46.7 Å². The van der Waals surface area contributed by atoms with Gasteiger partial charge in [0, 0.05) is 57.4 Å². The molecule has 4 aromatic carbocycles. The molecule has 304 valence electrons. The van der Waals surface area contributed by atoms with Gasteiger partial charge in [0.25, 0.3) is 0 Å². The fraction of sp³-hybridized carbons (Fsp3) is 0.159. The molecule has 6 N–H and O–H groups in total. The number of aliphatic hydroxyl groups is 2. The summed E-state index contributed by atoms with van der Waals surface area (Å²) in [4.78, 5) is 40.5. The number of benzene rings is 4. The Kier molecular flexibility index (Phi) is 11.5. The molecule has 4 aromatic heterocycles. The number of aromatic nitrogens is 6. The van der Waals surface area contributed by atoms with Gasteiger partial charge in [0.1, 0.15) is 42.1 Å². The Hall–Kier alpha value is -7.07. The van der Waals surface area contributed by atoms with Crippen molar-refractivity contribution in [2.45, 2.75) is 20.2 Å². The van der Waals surface area contributed by atoms with Gasteiger partial charge in [0.05, 0.1) is 41.8 Å². The monoisotopic (exact) mass is 826 g/mol. The van der Waals surface area contributed by atoms with E-state index in [2.05, 4.69) is 40.5 Å². The Balaban J connectivity index is 0.943. The molecule has 0 aliphatic carbocycles. The maximum absolute atomic E-state index is 14.0. The van der Waals surface area contributed by atoms with Crippen LogP contribution in [-0.2, 0) is 0 Å². The molecule has 2 amide bonds. The highest BCUT2D eigenvalue weighted by molar-refractivity contribution is 6.34. The predicted molar refractivity (Wildman–Crippen MR) is 232 cm³/mol. The van der Waals surface area contributed by atoms with Crippen molar-refractivity contribution in [3.8, 4) is 28.3 Å². The number of hydrogen-bond donors (Lipinski definition) is 6. The molecule has 0 spiro atoms. The molecule has 1 unspecified atom stereocenters. The number of urea groups is 1. The van der Waals surface area contributed by atoms with Crippen LogP contribution in [0.25, 0.3) is 44.6 Å². The van der Waals surface area contributed by atoms with Crippen LogP contribution in [0, 0.1) is 19.7 Å². The third-order valence-corrected chi connectivity index (χ3v) is 10.3. The third-order valence-electron chi connectivity index (χ3n) is 10.0. The van der Waals surface area contributed by atoms with Crippen LogP contribution in [-0.4, -0.2) is 78.8 Å². The van der Waals surface area contributed by atoms with Gasteiger partial charge in [-0.2, -0.15) is 0 Å². The zero-order valence-corrected chi connectivity index (χ0v) is 33.3. The molecule has 60 heavy (non-hydrogen) atoms. The van der Waals surface area contributed by atoms with E-state index in [0.29, 0.717) is 28.5 Å². The second-order valence-electron chi connectivity index (χ2n) is 13.9. The Bertz CT molecular complexity index is 2760. The van der Waals surface area contributed by atoms with Crippen LogP contribution in [0.2, 0.25) is 5.02 Å². The molecule has 0 saturated carbocycles. The highest BCUT2D eigenvalue weighted by Crippen LogP contribution is 2.33. The van der Waals surface area contributed by atoms with Crippen molar-refractivity contribution < 1.29 is 24.1 Å². The van der Waals surface area contributed by atoms with Crippen molar-refractivity contribution in [1.82, 2.24) is 29.9 Å². The normalized spacial score (nSPS) is 11.8. The number of aromatic amines is 2. The van der Waals surface area contributed by atoms with Crippen molar-refractivity contribution in [3.05, 3.63) is 138 Å². The van der Waals surface area contributed by atoms with Gasteiger partial charge in [-0.3, -0.25) is 4.90 Å². The molecule has 8 aromatic rings. The number of anilines is 4. The van der Waals surface area contributed by atoms with Crippen LogP contribution in [0.3, 0.4) is 0 Å². The number of halogens is 2. The summed E-state index contributed by atoms with van der Waals surface area (Å²) in [5.74, 6) is -0.0263.